The number of hydrogen-bond acceptors (Lipinski definition) is 5. The summed E-state index contributed by atoms with van der Waals surface area (Å²) in [5, 5.41) is 18.8. The van der Waals surface area contributed by atoms with Gasteiger partial charge in [-0.05, 0) is 24.3 Å². The Balaban J connectivity index is 2.11. The summed E-state index contributed by atoms with van der Waals surface area (Å²) in [5.41, 5.74) is 1.96. The quantitative estimate of drug-likeness (QED) is 0.611. The van der Waals surface area contributed by atoms with E-state index in [-0.39, 0.29) is 11.5 Å². The third-order valence-electron chi connectivity index (χ3n) is 2.78. The Hall–Kier alpha value is -2.76. The number of aromatic nitrogens is 3. The first kappa shape index (κ1) is 11.3. The first-order valence-electron chi connectivity index (χ1n) is 5.60. The maximum absolute atomic E-state index is 9.49. The number of ether oxygens (including phenoxy) is 1. The molecular formula is C13H11N3O3. The fraction of sp³-hybridized carbons (Fsp3) is 0.0769. The molecule has 6 nitrogen and oxygen atoms in total. The van der Waals surface area contributed by atoms with Crippen molar-refractivity contribution in [2.75, 3.05) is 7.11 Å². The highest BCUT2D eigenvalue weighted by atomic mass is 16.5. The molecule has 0 saturated heterocycles. The molecule has 0 bridgehead atoms. The zero-order valence-electron chi connectivity index (χ0n) is 10.1. The first-order valence-corrected chi connectivity index (χ1v) is 5.60. The standard InChI is InChI=1S/C13H11N3O3/c1-19-11-5-3-8-13(15-11)16-12(14-8)7-2-4-9(17)10(18)6-7/h2-6,17-18H,1H3,(H,14,15,16). The Labute approximate surface area is 108 Å². The Kier molecular flexibility index (Phi) is 2.49. The zero-order valence-corrected chi connectivity index (χ0v) is 10.1. The smallest absolute Gasteiger partial charge is 0.215 e. The van der Waals surface area contributed by atoms with Crippen LogP contribution in [-0.2, 0) is 0 Å². The monoisotopic (exact) mass is 257 g/mol. The van der Waals surface area contributed by atoms with E-state index in [4.69, 9.17) is 4.74 Å². The van der Waals surface area contributed by atoms with Crippen LogP contribution in [0.1, 0.15) is 0 Å². The van der Waals surface area contributed by atoms with Crippen LogP contribution in [0.2, 0.25) is 0 Å². The van der Waals surface area contributed by atoms with Crippen molar-refractivity contribution in [2.45, 2.75) is 0 Å². The highest BCUT2D eigenvalue weighted by Crippen LogP contribution is 2.30. The van der Waals surface area contributed by atoms with Gasteiger partial charge in [-0.2, -0.15) is 4.98 Å². The number of phenols is 2. The molecule has 0 spiro atoms. The van der Waals surface area contributed by atoms with Crippen molar-refractivity contribution < 1.29 is 14.9 Å². The van der Waals surface area contributed by atoms with Crippen LogP contribution < -0.4 is 4.74 Å². The summed E-state index contributed by atoms with van der Waals surface area (Å²) in [6, 6.07) is 8.05. The van der Waals surface area contributed by atoms with Crippen molar-refractivity contribution in [1.29, 1.82) is 0 Å². The van der Waals surface area contributed by atoms with E-state index in [9.17, 15) is 10.2 Å². The fourth-order valence-electron chi connectivity index (χ4n) is 1.80. The number of aromatic hydroxyl groups is 2. The number of rotatable bonds is 2. The molecule has 0 aliphatic carbocycles. The lowest BCUT2D eigenvalue weighted by molar-refractivity contribution is 0.399. The summed E-state index contributed by atoms with van der Waals surface area (Å²) >= 11 is 0. The van der Waals surface area contributed by atoms with Crippen molar-refractivity contribution in [3.05, 3.63) is 30.3 Å². The van der Waals surface area contributed by atoms with Gasteiger partial charge in [0.1, 0.15) is 5.82 Å². The van der Waals surface area contributed by atoms with Crippen LogP contribution in [0.4, 0.5) is 0 Å². The minimum atomic E-state index is -0.191. The van der Waals surface area contributed by atoms with E-state index in [0.717, 1.165) is 5.52 Å². The number of hydrogen-bond donors (Lipinski definition) is 3. The second-order valence-corrected chi connectivity index (χ2v) is 4.01. The Morgan fingerprint density at radius 1 is 1.05 bits per heavy atom. The minimum absolute atomic E-state index is 0.167. The van der Waals surface area contributed by atoms with Crippen molar-refractivity contribution in [3.8, 4) is 28.8 Å². The lowest BCUT2D eigenvalue weighted by Gasteiger charge is -1.99. The van der Waals surface area contributed by atoms with Gasteiger partial charge in [0.15, 0.2) is 17.1 Å². The molecule has 0 aliphatic rings. The van der Waals surface area contributed by atoms with Gasteiger partial charge in [0.25, 0.3) is 0 Å². The van der Waals surface area contributed by atoms with Gasteiger partial charge in [-0.25, -0.2) is 4.98 Å². The SMILES string of the molecule is COc1ccc2[nH]c(-c3ccc(O)c(O)c3)nc2n1. The molecule has 1 aromatic carbocycles. The van der Waals surface area contributed by atoms with Crippen molar-refractivity contribution >= 4 is 11.2 Å². The van der Waals surface area contributed by atoms with Gasteiger partial charge in [0.05, 0.1) is 12.6 Å². The second kappa shape index (κ2) is 4.16. The molecule has 0 atom stereocenters. The molecule has 2 aromatic heterocycles. The summed E-state index contributed by atoms with van der Waals surface area (Å²) < 4.78 is 5.03. The van der Waals surface area contributed by atoms with Crippen LogP contribution in [0.15, 0.2) is 30.3 Å². The van der Waals surface area contributed by atoms with Gasteiger partial charge in [-0.1, -0.05) is 0 Å². The van der Waals surface area contributed by atoms with E-state index in [2.05, 4.69) is 15.0 Å². The number of pyridine rings is 1. The van der Waals surface area contributed by atoms with E-state index in [0.29, 0.717) is 22.9 Å². The molecule has 3 N–H and O–H groups in total. The number of fused-ring (bicyclic) bond motifs is 1. The number of nitrogens with one attached hydrogen (secondary N) is 1. The molecule has 0 radical (unpaired) electrons. The highest BCUT2D eigenvalue weighted by Gasteiger charge is 2.09. The number of H-pyrrole nitrogens is 1. The maximum atomic E-state index is 9.49. The number of imidazole rings is 1. The molecule has 0 unspecified atom stereocenters. The molecule has 3 aromatic rings. The van der Waals surface area contributed by atoms with Gasteiger partial charge in [-0.3, -0.25) is 0 Å². The number of benzene rings is 1. The van der Waals surface area contributed by atoms with Gasteiger partial charge >= 0.3 is 0 Å². The molecule has 0 aliphatic heterocycles. The van der Waals surface area contributed by atoms with E-state index < -0.39 is 0 Å². The Morgan fingerprint density at radius 3 is 2.63 bits per heavy atom. The molecule has 96 valence electrons. The summed E-state index contributed by atoms with van der Waals surface area (Å²) in [6.45, 7) is 0. The van der Waals surface area contributed by atoms with E-state index in [1.54, 1.807) is 19.2 Å². The van der Waals surface area contributed by atoms with Crippen LogP contribution in [0.5, 0.6) is 17.4 Å². The summed E-state index contributed by atoms with van der Waals surface area (Å²) in [7, 11) is 1.54. The molecule has 0 saturated carbocycles. The topological polar surface area (TPSA) is 91.3 Å². The minimum Gasteiger partial charge on any atom is -0.504 e. The van der Waals surface area contributed by atoms with Gasteiger partial charge in [0, 0.05) is 11.6 Å². The normalized spacial score (nSPS) is 10.8. The third-order valence-corrected chi connectivity index (χ3v) is 2.78. The van der Waals surface area contributed by atoms with Gasteiger partial charge in [0.2, 0.25) is 5.88 Å². The third kappa shape index (κ3) is 1.93. The first-order chi connectivity index (χ1) is 9.17. The summed E-state index contributed by atoms with van der Waals surface area (Å²) in [4.78, 5) is 11.6. The molecular weight excluding hydrogens is 246 g/mol. The molecule has 3 rings (SSSR count). The molecule has 6 heteroatoms. The van der Waals surface area contributed by atoms with Gasteiger partial charge < -0.3 is 19.9 Å². The zero-order chi connectivity index (χ0) is 13.4. The molecule has 2 heterocycles. The highest BCUT2D eigenvalue weighted by molar-refractivity contribution is 5.76. The Bertz CT molecular complexity index is 752. The summed E-state index contributed by atoms with van der Waals surface area (Å²) in [5.74, 6) is 0.688. The lowest BCUT2D eigenvalue weighted by atomic mass is 10.2. The number of phenolic OH excluding ortho intramolecular Hbond substituents is 2. The average Bonchev–Trinajstić information content (AvgIpc) is 2.84. The van der Waals surface area contributed by atoms with E-state index in [1.165, 1.54) is 12.1 Å². The van der Waals surface area contributed by atoms with E-state index >= 15 is 0 Å². The average molecular weight is 257 g/mol. The Morgan fingerprint density at radius 2 is 1.89 bits per heavy atom. The van der Waals surface area contributed by atoms with Crippen LogP contribution in [-0.4, -0.2) is 32.3 Å². The predicted molar refractivity (Wildman–Crippen MR) is 69.2 cm³/mol. The van der Waals surface area contributed by atoms with Crippen molar-refractivity contribution in [3.63, 3.8) is 0 Å². The van der Waals surface area contributed by atoms with Crippen molar-refractivity contribution in [1.82, 2.24) is 15.0 Å². The number of methoxy groups -OCH3 is 1. The van der Waals surface area contributed by atoms with E-state index in [1.807, 2.05) is 6.07 Å². The molecule has 0 amide bonds. The number of nitrogens with zero attached hydrogens (tertiary/aromatic N) is 2. The number of aromatic amines is 1. The van der Waals surface area contributed by atoms with Gasteiger partial charge in [-0.15, -0.1) is 0 Å². The second-order valence-electron chi connectivity index (χ2n) is 4.01. The van der Waals surface area contributed by atoms with Crippen LogP contribution in [0.3, 0.4) is 0 Å². The van der Waals surface area contributed by atoms with Crippen LogP contribution >= 0.6 is 0 Å². The molecule has 0 fully saturated rings. The lowest BCUT2D eigenvalue weighted by Crippen LogP contribution is -1.86. The molecule has 19 heavy (non-hydrogen) atoms. The van der Waals surface area contributed by atoms with Crippen LogP contribution in [0.25, 0.3) is 22.6 Å². The summed E-state index contributed by atoms with van der Waals surface area (Å²) in [6.07, 6.45) is 0. The maximum Gasteiger partial charge on any atom is 0.215 e. The fourth-order valence-corrected chi connectivity index (χ4v) is 1.80. The van der Waals surface area contributed by atoms with Crippen molar-refractivity contribution in [2.24, 2.45) is 0 Å². The predicted octanol–water partition coefficient (Wildman–Crippen LogP) is 2.04. The largest absolute Gasteiger partial charge is 0.504 e. The van der Waals surface area contributed by atoms with Crippen LogP contribution in [0, 0.1) is 0 Å².